The molecular weight excluding hydrogens is 178 g/mol. The fourth-order valence-electron chi connectivity index (χ4n) is 2.22. The summed E-state index contributed by atoms with van der Waals surface area (Å²) in [6, 6.07) is -0.0431. The van der Waals surface area contributed by atoms with Gasteiger partial charge in [0.2, 0.25) is 0 Å². The Bertz CT molecular complexity index is 172. The van der Waals surface area contributed by atoms with Crippen LogP contribution in [0.5, 0.6) is 0 Å². The average Bonchev–Trinajstić information content (AvgIpc) is 2.03. The molecule has 0 aromatic carbocycles. The normalized spacial score (nSPS) is 14.0. The molecule has 0 amide bonds. The summed E-state index contributed by atoms with van der Waals surface area (Å²) in [4.78, 5) is 10.8. The van der Waals surface area contributed by atoms with Crippen LogP contribution in [-0.2, 0) is 4.79 Å². The monoisotopic (exact) mass is 201 g/mol. The van der Waals surface area contributed by atoms with Gasteiger partial charge in [0.1, 0.15) is 0 Å². The summed E-state index contributed by atoms with van der Waals surface area (Å²) >= 11 is 0. The molecule has 0 aromatic rings. The number of nitrogens with two attached hydrogens (primary N) is 1. The minimum Gasteiger partial charge on any atom is -0.481 e. The molecule has 0 aliphatic carbocycles. The highest BCUT2D eigenvalue weighted by Crippen LogP contribution is 2.36. The van der Waals surface area contributed by atoms with E-state index >= 15 is 0 Å². The Labute approximate surface area is 86.7 Å². The van der Waals surface area contributed by atoms with Crippen molar-refractivity contribution in [3.05, 3.63) is 0 Å². The van der Waals surface area contributed by atoms with E-state index in [0.717, 1.165) is 25.7 Å². The zero-order valence-corrected chi connectivity index (χ0v) is 9.55. The van der Waals surface area contributed by atoms with Crippen LogP contribution in [0.15, 0.2) is 0 Å². The van der Waals surface area contributed by atoms with Crippen molar-refractivity contribution in [2.45, 2.75) is 58.9 Å². The van der Waals surface area contributed by atoms with E-state index in [2.05, 4.69) is 13.8 Å². The van der Waals surface area contributed by atoms with Crippen LogP contribution in [0, 0.1) is 5.41 Å². The van der Waals surface area contributed by atoms with Gasteiger partial charge in [-0.25, -0.2) is 0 Å². The zero-order valence-electron chi connectivity index (χ0n) is 9.55. The highest BCUT2D eigenvalue weighted by molar-refractivity contribution is 5.67. The molecule has 0 saturated carbocycles. The highest BCUT2D eigenvalue weighted by Gasteiger charge is 2.34. The quantitative estimate of drug-likeness (QED) is 0.664. The molecule has 0 rings (SSSR count). The Morgan fingerprint density at radius 2 is 1.79 bits per heavy atom. The standard InChI is InChI=1S/C11H23NO2/c1-4-6-11(7-5-2,9(3)12)8-10(13)14/h9H,4-8,12H2,1-3H3,(H,13,14). The van der Waals surface area contributed by atoms with Gasteiger partial charge in [0, 0.05) is 6.04 Å². The van der Waals surface area contributed by atoms with Gasteiger partial charge >= 0.3 is 5.97 Å². The van der Waals surface area contributed by atoms with Crippen LogP contribution < -0.4 is 5.73 Å². The minimum absolute atomic E-state index is 0.0431. The van der Waals surface area contributed by atoms with Crippen molar-refractivity contribution in [3.63, 3.8) is 0 Å². The number of rotatable bonds is 7. The molecule has 0 bridgehead atoms. The Morgan fingerprint density at radius 3 is 2.00 bits per heavy atom. The lowest BCUT2D eigenvalue weighted by atomic mass is 9.71. The molecule has 1 unspecified atom stereocenters. The van der Waals surface area contributed by atoms with E-state index in [1.165, 1.54) is 0 Å². The van der Waals surface area contributed by atoms with E-state index < -0.39 is 5.97 Å². The van der Waals surface area contributed by atoms with Crippen LogP contribution in [0.4, 0.5) is 0 Å². The lowest BCUT2D eigenvalue weighted by molar-refractivity contribution is -0.140. The number of carboxylic acid groups (broad SMARTS) is 1. The first-order valence-electron chi connectivity index (χ1n) is 5.46. The summed E-state index contributed by atoms with van der Waals surface area (Å²) in [5.41, 5.74) is 5.73. The summed E-state index contributed by atoms with van der Waals surface area (Å²) in [6.07, 6.45) is 4.01. The number of carboxylic acids is 1. The number of carbonyl (C=O) groups is 1. The molecule has 3 heteroatoms. The Hall–Kier alpha value is -0.570. The predicted molar refractivity (Wildman–Crippen MR) is 58.2 cm³/mol. The molecule has 0 radical (unpaired) electrons. The van der Waals surface area contributed by atoms with Crippen molar-refractivity contribution in [1.82, 2.24) is 0 Å². The smallest absolute Gasteiger partial charge is 0.303 e. The Balaban J connectivity index is 4.63. The minimum atomic E-state index is -0.732. The second kappa shape index (κ2) is 6.02. The Kier molecular flexibility index (Phi) is 5.77. The lowest BCUT2D eigenvalue weighted by Crippen LogP contribution is -2.41. The van der Waals surface area contributed by atoms with Crippen LogP contribution in [0.3, 0.4) is 0 Å². The maximum absolute atomic E-state index is 10.8. The van der Waals surface area contributed by atoms with Crippen molar-refractivity contribution in [1.29, 1.82) is 0 Å². The van der Waals surface area contributed by atoms with E-state index in [0.29, 0.717) is 0 Å². The fraction of sp³-hybridized carbons (Fsp3) is 0.909. The van der Waals surface area contributed by atoms with Gasteiger partial charge in [-0.05, 0) is 25.2 Å². The maximum atomic E-state index is 10.8. The first-order chi connectivity index (χ1) is 6.48. The Morgan fingerprint density at radius 1 is 1.36 bits per heavy atom. The van der Waals surface area contributed by atoms with Crippen molar-refractivity contribution >= 4 is 5.97 Å². The van der Waals surface area contributed by atoms with E-state index in [4.69, 9.17) is 10.8 Å². The van der Waals surface area contributed by atoms with Crippen LogP contribution in [0.2, 0.25) is 0 Å². The first kappa shape index (κ1) is 13.4. The maximum Gasteiger partial charge on any atom is 0.303 e. The molecule has 1 atom stereocenters. The number of hydrogen-bond acceptors (Lipinski definition) is 2. The third kappa shape index (κ3) is 3.66. The van der Waals surface area contributed by atoms with E-state index in [-0.39, 0.29) is 17.9 Å². The summed E-state index contributed by atoms with van der Waals surface area (Å²) in [7, 11) is 0. The molecule has 14 heavy (non-hydrogen) atoms. The van der Waals surface area contributed by atoms with E-state index in [1.807, 2.05) is 6.92 Å². The molecule has 3 N–H and O–H groups in total. The number of hydrogen-bond donors (Lipinski definition) is 2. The van der Waals surface area contributed by atoms with Gasteiger partial charge in [0.15, 0.2) is 0 Å². The molecular formula is C11H23NO2. The third-order valence-electron chi connectivity index (χ3n) is 2.96. The summed E-state index contributed by atoms with van der Waals surface area (Å²) in [5.74, 6) is -0.732. The van der Waals surface area contributed by atoms with E-state index in [1.54, 1.807) is 0 Å². The van der Waals surface area contributed by atoms with Crippen molar-refractivity contribution < 1.29 is 9.90 Å². The van der Waals surface area contributed by atoms with Crippen molar-refractivity contribution in [3.8, 4) is 0 Å². The summed E-state index contributed by atoms with van der Waals surface area (Å²) < 4.78 is 0. The van der Waals surface area contributed by atoms with Gasteiger partial charge in [-0.15, -0.1) is 0 Å². The second-order valence-electron chi connectivity index (χ2n) is 4.22. The first-order valence-corrected chi connectivity index (χ1v) is 5.46. The molecule has 0 aliphatic heterocycles. The van der Waals surface area contributed by atoms with Gasteiger partial charge in [-0.1, -0.05) is 26.7 Å². The van der Waals surface area contributed by atoms with Gasteiger partial charge in [-0.3, -0.25) is 4.79 Å². The average molecular weight is 201 g/mol. The summed E-state index contributed by atoms with van der Waals surface area (Å²) in [5, 5.41) is 8.90. The van der Waals surface area contributed by atoms with Gasteiger partial charge in [0.05, 0.1) is 6.42 Å². The molecule has 0 aliphatic rings. The second-order valence-corrected chi connectivity index (χ2v) is 4.22. The largest absolute Gasteiger partial charge is 0.481 e. The zero-order chi connectivity index (χ0) is 11.2. The van der Waals surface area contributed by atoms with Crippen molar-refractivity contribution in [2.75, 3.05) is 0 Å². The van der Waals surface area contributed by atoms with Crippen LogP contribution in [0.25, 0.3) is 0 Å². The topological polar surface area (TPSA) is 63.3 Å². The summed E-state index contributed by atoms with van der Waals surface area (Å²) in [6.45, 7) is 6.08. The molecule has 0 heterocycles. The SMILES string of the molecule is CCCC(CCC)(CC(=O)O)C(C)N. The van der Waals surface area contributed by atoms with Crippen molar-refractivity contribution in [2.24, 2.45) is 11.1 Å². The predicted octanol–water partition coefficient (Wildman–Crippen LogP) is 2.39. The van der Waals surface area contributed by atoms with Crippen LogP contribution >= 0.6 is 0 Å². The lowest BCUT2D eigenvalue weighted by Gasteiger charge is -2.36. The molecule has 3 nitrogen and oxygen atoms in total. The third-order valence-corrected chi connectivity index (χ3v) is 2.96. The van der Waals surface area contributed by atoms with Gasteiger partial charge in [-0.2, -0.15) is 0 Å². The fourth-order valence-corrected chi connectivity index (χ4v) is 2.22. The van der Waals surface area contributed by atoms with E-state index in [9.17, 15) is 4.79 Å². The van der Waals surface area contributed by atoms with Gasteiger partial charge in [0.25, 0.3) is 0 Å². The molecule has 0 saturated heterocycles. The molecule has 0 aromatic heterocycles. The van der Waals surface area contributed by atoms with Crippen LogP contribution in [-0.4, -0.2) is 17.1 Å². The van der Waals surface area contributed by atoms with Crippen LogP contribution in [0.1, 0.15) is 52.9 Å². The highest BCUT2D eigenvalue weighted by atomic mass is 16.4. The molecule has 0 fully saturated rings. The molecule has 84 valence electrons. The number of aliphatic carboxylic acids is 1. The molecule has 0 spiro atoms. The van der Waals surface area contributed by atoms with Gasteiger partial charge < -0.3 is 10.8 Å².